The van der Waals surface area contributed by atoms with Crippen LogP contribution in [0.1, 0.15) is 32.3 Å². The van der Waals surface area contributed by atoms with Crippen LogP contribution in [0.25, 0.3) is 0 Å². The van der Waals surface area contributed by atoms with E-state index in [0.717, 1.165) is 12.8 Å². The molecule has 5 heteroatoms. The van der Waals surface area contributed by atoms with Gasteiger partial charge in [-0.3, -0.25) is 9.59 Å². The summed E-state index contributed by atoms with van der Waals surface area (Å²) in [5.41, 5.74) is 0.878. The van der Waals surface area contributed by atoms with Crippen LogP contribution in [-0.2, 0) is 9.59 Å². The summed E-state index contributed by atoms with van der Waals surface area (Å²) >= 11 is 0. The van der Waals surface area contributed by atoms with Crippen molar-refractivity contribution in [2.24, 2.45) is 0 Å². The van der Waals surface area contributed by atoms with Crippen LogP contribution in [0.15, 0.2) is 24.3 Å². The van der Waals surface area contributed by atoms with E-state index >= 15 is 0 Å². The standard InChI is InChI=1S/C15H19N3O2/c1-3-4-9-18(12(2)19)11-15(20)17-14-8-6-5-7-13(14)10-16/h5-8H,3-4,9,11H2,1-2H3,(H,17,20). The van der Waals surface area contributed by atoms with Gasteiger partial charge < -0.3 is 10.2 Å². The predicted octanol–water partition coefficient (Wildman–Crippen LogP) is 2.15. The van der Waals surface area contributed by atoms with Gasteiger partial charge in [-0.15, -0.1) is 0 Å². The van der Waals surface area contributed by atoms with Crippen LogP contribution in [-0.4, -0.2) is 29.8 Å². The first-order valence-electron chi connectivity index (χ1n) is 6.63. The van der Waals surface area contributed by atoms with Crippen LogP contribution in [0.4, 0.5) is 5.69 Å². The normalized spacial score (nSPS) is 9.65. The van der Waals surface area contributed by atoms with Crippen molar-refractivity contribution in [1.29, 1.82) is 5.26 Å². The highest BCUT2D eigenvalue weighted by molar-refractivity contribution is 5.95. The molecule has 0 aromatic heterocycles. The lowest BCUT2D eigenvalue weighted by Crippen LogP contribution is -2.37. The summed E-state index contributed by atoms with van der Waals surface area (Å²) < 4.78 is 0. The molecule has 106 valence electrons. The first-order chi connectivity index (χ1) is 9.58. The van der Waals surface area contributed by atoms with E-state index in [1.54, 1.807) is 24.3 Å². The number of carbonyl (C=O) groups is 2. The van der Waals surface area contributed by atoms with Gasteiger partial charge in [0.05, 0.1) is 17.8 Å². The first-order valence-corrected chi connectivity index (χ1v) is 6.63. The third-order valence-electron chi connectivity index (χ3n) is 2.88. The quantitative estimate of drug-likeness (QED) is 0.863. The monoisotopic (exact) mass is 273 g/mol. The smallest absolute Gasteiger partial charge is 0.244 e. The Bertz CT molecular complexity index is 520. The Morgan fingerprint density at radius 1 is 1.35 bits per heavy atom. The number of rotatable bonds is 6. The van der Waals surface area contributed by atoms with Gasteiger partial charge in [0.15, 0.2) is 0 Å². The molecule has 2 amide bonds. The summed E-state index contributed by atoms with van der Waals surface area (Å²) in [4.78, 5) is 24.9. The molecule has 1 aromatic carbocycles. The molecule has 0 aliphatic rings. The van der Waals surface area contributed by atoms with Gasteiger partial charge in [-0.05, 0) is 18.6 Å². The summed E-state index contributed by atoms with van der Waals surface area (Å²) in [6, 6.07) is 8.80. The van der Waals surface area contributed by atoms with Crippen LogP contribution < -0.4 is 5.32 Å². The second-order valence-corrected chi connectivity index (χ2v) is 4.50. The highest BCUT2D eigenvalue weighted by Crippen LogP contribution is 2.13. The Kier molecular flexibility index (Phi) is 6.24. The maximum Gasteiger partial charge on any atom is 0.244 e. The maximum absolute atomic E-state index is 11.9. The number of carbonyl (C=O) groups excluding carboxylic acids is 2. The molecule has 1 N–H and O–H groups in total. The van der Waals surface area contributed by atoms with E-state index in [9.17, 15) is 9.59 Å². The molecule has 0 aliphatic heterocycles. The Balaban J connectivity index is 2.66. The van der Waals surface area contributed by atoms with Crippen LogP contribution in [0, 0.1) is 11.3 Å². The molecule has 0 atom stereocenters. The molecule has 5 nitrogen and oxygen atoms in total. The lowest BCUT2D eigenvalue weighted by molar-refractivity contribution is -0.132. The van der Waals surface area contributed by atoms with E-state index in [1.807, 2.05) is 13.0 Å². The molecule has 0 bridgehead atoms. The van der Waals surface area contributed by atoms with E-state index < -0.39 is 0 Å². The van der Waals surface area contributed by atoms with Crippen LogP contribution in [0.2, 0.25) is 0 Å². The summed E-state index contributed by atoms with van der Waals surface area (Å²) in [7, 11) is 0. The Morgan fingerprint density at radius 3 is 2.65 bits per heavy atom. The molecule has 0 heterocycles. The van der Waals surface area contributed by atoms with Gasteiger partial charge in [0.2, 0.25) is 11.8 Å². The van der Waals surface area contributed by atoms with Crippen LogP contribution >= 0.6 is 0 Å². The SMILES string of the molecule is CCCCN(CC(=O)Nc1ccccc1C#N)C(C)=O. The molecule has 0 radical (unpaired) electrons. The number of para-hydroxylation sites is 1. The van der Waals surface area contributed by atoms with Crippen molar-refractivity contribution in [2.75, 3.05) is 18.4 Å². The second-order valence-electron chi connectivity index (χ2n) is 4.50. The number of hydrogen-bond donors (Lipinski definition) is 1. The molecule has 0 unspecified atom stereocenters. The summed E-state index contributed by atoms with van der Waals surface area (Å²) in [6.45, 7) is 4.06. The lowest BCUT2D eigenvalue weighted by atomic mass is 10.2. The van der Waals surface area contributed by atoms with Gasteiger partial charge in [0, 0.05) is 13.5 Å². The third-order valence-corrected chi connectivity index (χ3v) is 2.88. The highest BCUT2D eigenvalue weighted by atomic mass is 16.2. The fourth-order valence-electron chi connectivity index (χ4n) is 1.75. The number of hydrogen-bond acceptors (Lipinski definition) is 3. The molecule has 0 spiro atoms. The Hall–Kier alpha value is -2.35. The molecule has 1 rings (SSSR count). The van der Waals surface area contributed by atoms with Gasteiger partial charge >= 0.3 is 0 Å². The van der Waals surface area contributed by atoms with E-state index in [2.05, 4.69) is 5.32 Å². The number of benzene rings is 1. The summed E-state index contributed by atoms with van der Waals surface area (Å²) in [6.07, 6.45) is 1.82. The number of nitriles is 1. The number of nitrogens with one attached hydrogen (secondary N) is 1. The first kappa shape index (κ1) is 15.7. The second kappa shape index (κ2) is 7.95. The van der Waals surface area contributed by atoms with E-state index in [-0.39, 0.29) is 18.4 Å². The van der Waals surface area contributed by atoms with E-state index in [0.29, 0.717) is 17.8 Å². The number of amides is 2. The van der Waals surface area contributed by atoms with Gasteiger partial charge in [0.1, 0.15) is 6.07 Å². The minimum atomic E-state index is -0.293. The molecule has 1 aromatic rings. The van der Waals surface area contributed by atoms with E-state index in [1.165, 1.54) is 11.8 Å². The van der Waals surface area contributed by atoms with Gasteiger partial charge in [-0.1, -0.05) is 25.5 Å². The molecule has 0 fully saturated rings. The number of unbranched alkanes of at least 4 members (excludes halogenated alkanes) is 1. The Morgan fingerprint density at radius 2 is 2.05 bits per heavy atom. The molecule has 0 saturated heterocycles. The average Bonchev–Trinajstić information content (AvgIpc) is 2.43. The zero-order valence-corrected chi connectivity index (χ0v) is 11.8. The largest absolute Gasteiger partial charge is 0.334 e. The van der Waals surface area contributed by atoms with Crippen molar-refractivity contribution in [3.05, 3.63) is 29.8 Å². The van der Waals surface area contributed by atoms with Crippen molar-refractivity contribution in [2.45, 2.75) is 26.7 Å². The van der Waals surface area contributed by atoms with Crippen molar-refractivity contribution in [3.8, 4) is 6.07 Å². The zero-order valence-electron chi connectivity index (χ0n) is 11.8. The fourth-order valence-corrected chi connectivity index (χ4v) is 1.75. The number of nitrogens with zero attached hydrogens (tertiary/aromatic N) is 2. The minimum absolute atomic E-state index is 0.00902. The van der Waals surface area contributed by atoms with Crippen molar-refractivity contribution in [3.63, 3.8) is 0 Å². The summed E-state index contributed by atoms with van der Waals surface area (Å²) in [5.74, 6) is -0.416. The minimum Gasteiger partial charge on any atom is -0.334 e. The maximum atomic E-state index is 11.9. The van der Waals surface area contributed by atoms with E-state index in [4.69, 9.17) is 5.26 Å². The van der Waals surface area contributed by atoms with Gasteiger partial charge in [-0.25, -0.2) is 0 Å². The Labute approximate surface area is 119 Å². The van der Waals surface area contributed by atoms with Crippen molar-refractivity contribution >= 4 is 17.5 Å². The molecular formula is C15H19N3O2. The highest BCUT2D eigenvalue weighted by Gasteiger charge is 2.14. The number of anilines is 1. The average molecular weight is 273 g/mol. The molecular weight excluding hydrogens is 254 g/mol. The molecule has 0 aliphatic carbocycles. The van der Waals surface area contributed by atoms with Crippen LogP contribution in [0.3, 0.4) is 0 Å². The fraction of sp³-hybridized carbons (Fsp3) is 0.400. The molecule has 20 heavy (non-hydrogen) atoms. The predicted molar refractivity (Wildman–Crippen MR) is 76.9 cm³/mol. The van der Waals surface area contributed by atoms with Gasteiger partial charge in [0.25, 0.3) is 0 Å². The van der Waals surface area contributed by atoms with Crippen LogP contribution in [0.5, 0.6) is 0 Å². The lowest BCUT2D eigenvalue weighted by Gasteiger charge is -2.20. The molecule has 0 saturated carbocycles. The topological polar surface area (TPSA) is 73.2 Å². The van der Waals surface area contributed by atoms with Crippen molar-refractivity contribution < 1.29 is 9.59 Å². The third kappa shape index (κ3) is 4.73. The van der Waals surface area contributed by atoms with Gasteiger partial charge in [-0.2, -0.15) is 5.26 Å². The van der Waals surface area contributed by atoms with Crippen molar-refractivity contribution in [1.82, 2.24) is 4.90 Å². The summed E-state index contributed by atoms with van der Waals surface area (Å²) in [5, 5.41) is 11.6. The zero-order chi connectivity index (χ0) is 15.0.